The molecule has 0 aliphatic carbocycles. The topological polar surface area (TPSA) is 32.8 Å². The van der Waals surface area contributed by atoms with Gasteiger partial charge in [0.1, 0.15) is 11.4 Å². The Labute approximate surface area is 159 Å². The van der Waals surface area contributed by atoms with Gasteiger partial charge in [-0.05, 0) is 24.5 Å². The molecule has 2 saturated heterocycles. The van der Waals surface area contributed by atoms with Gasteiger partial charge in [-0.15, -0.1) is 0 Å². The van der Waals surface area contributed by atoms with Crippen molar-refractivity contribution in [2.45, 2.75) is 31.5 Å². The van der Waals surface area contributed by atoms with Gasteiger partial charge in [-0.25, -0.2) is 4.39 Å². The van der Waals surface area contributed by atoms with Crippen molar-refractivity contribution < 1.29 is 13.9 Å². The first kappa shape index (κ1) is 18.1. The summed E-state index contributed by atoms with van der Waals surface area (Å²) in [4.78, 5) is 17.3. The van der Waals surface area contributed by atoms with Crippen molar-refractivity contribution in [1.29, 1.82) is 0 Å². The van der Waals surface area contributed by atoms with Crippen molar-refractivity contribution in [2.75, 3.05) is 26.2 Å². The number of hydrogen-bond acceptors (Lipinski definition) is 3. The van der Waals surface area contributed by atoms with Crippen LogP contribution in [0.5, 0.6) is 0 Å². The maximum atomic E-state index is 14.0. The monoisotopic (exact) mass is 368 g/mol. The summed E-state index contributed by atoms with van der Waals surface area (Å²) < 4.78 is 20.0. The Morgan fingerprint density at radius 3 is 2.37 bits per heavy atom. The van der Waals surface area contributed by atoms with E-state index < -0.39 is 5.60 Å². The molecule has 0 atom stereocenters. The predicted molar refractivity (Wildman–Crippen MR) is 101 cm³/mol. The van der Waals surface area contributed by atoms with Gasteiger partial charge in [0, 0.05) is 38.3 Å². The molecule has 0 saturated carbocycles. The maximum Gasteiger partial charge on any atom is 0.255 e. The highest BCUT2D eigenvalue weighted by molar-refractivity contribution is 5.86. The minimum atomic E-state index is -0.739. The zero-order valence-corrected chi connectivity index (χ0v) is 15.4. The SMILES string of the molecule is O=C1N(Cc2ccccc2F)CCOC12CCN(Cc1ccccc1)CC2. The summed E-state index contributed by atoms with van der Waals surface area (Å²) in [6, 6.07) is 17.0. The summed E-state index contributed by atoms with van der Waals surface area (Å²) in [6.07, 6.45) is 1.37. The Morgan fingerprint density at radius 2 is 1.63 bits per heavy atom. The number of carbonyl (C=O) groups is 1. The lowest BCUT2D eigenvalue weighted by atomic mass is 9.88. The Balaban J connectivity index is 1.40. The number of nitrogens with zero attached hydrogens (tertiary/aromatic N) is 2. The molecule has 2 heterocycles. The van der Waals surface area contributed by atoms with Crippen LogP contribution < -0.4 is 0 Å². The maximum absolute atomic E-state index is 14.0. The first-order valence-corrected chi connectivity index (χ1v) is 9.59. The van der Waals surface area contributed by atoms with Crippen molar-refractivity contribution in [1.82, 2.24) is 9.80 Å². The van der Waals surface area contributed by atoms with Gasteiger partial charge in [-0.2, -0.15) is 0 Å². The van der Waals surface area contributed by atoms with Gasteiger partial charge < -0.3 is 9.64 Å². The average molecular weight is 368 g/mol. The summed E-state index contributed by atoms with van der Waals surface area (Å²) in [7, 11) is 0. The van der Waals surface area contributed by atoms with E-state index in [-0.39, 0.29) is 11.7 Å². The van der Waals surface area contributed by atoms with E-state index >= 15 is 0 Å². The number of amides is 1. The molecule has 4 nitrogen and oxygen atoms in total. The standard InChI is InChI=1S/C22H25FN2O2/c23-20-9-5-4-8-19(20)17-25-14-15-27-22(21(25)26)10-12-24(13-11-22)16-18-6-2-1-3-7-18/h1-9H,10-17H2. The molecule has 2 aliphatic rings. The number of carbonyl (C=O) groups excluding carboxylic acids is 1. The lowest BCUT2D eigenvalue weighted by molar-refractivity contribution is -0.180. The highest BCUT2D eigenvalue weighted by Gasteiger charge is 2.47. The van der Waals surface area contributed by atoms with Crippen molar-refractivity contribution in [3.8, 4) is 0 Å². The molecule has 5 heteroatoms. The molecule has 142 valence electrons. The third kappa shape index (κ3) is 3.89. The van der Waals surface area contributed by atoms with Crippen LogP contribution in [0.4, 0.5) is 4.39 Å². The molecule has 4 rings (SSSR count). The molecule has 2 fully saturated rings. The van der Waals surface area contributed by atoms with Crippen LogP contribution in [-0.2, 0) is 22.6 Å². The van der Waals surface area contributed by atoms with E-state index in [9.17, 15) is 9.18 Å². The molecule has 27 heavy (non-hydrogen) atoms. The van der Waals surface area contributed by atoms with Gasteiger partial charge in [0.15, 0.2) is 0 Å². The zero-order chi connectivity index (χ0) is 18.7. The van der Waals surface area contributed by atoms with Crippen LogP contribution in [0.2, 0.25) is 0 Å². The minimum absolute atomic E-state index is 0.0105. The molecule has 0 bridgehead atoms. The molecular formula is C22H25FN2O2. The van der Waals surface area contributed by atoms with Crippen LogP contribution in [0.25, 0.3) is 0 Å². The fourth-order valence-corrected chi connectivity index (χ4v) is 4.06. The second kappa shape index (κ2) is 7.79. The summed E-state index contributed by atoms with van der Waals surface area (Å²) >= 11 is 0. The van der Waals surface area contributed by atoms with Crippen LogP contribution in [0.3, 0.4) is 0 Å². The molecule has 2 aromatic carbocycles. The number of ether oxygens (including phenoxy) is 1. The lowest BCUT2D eigenvalue weighted by Gasteiger charge is -2.46. The molecule has 2 aromatic rings. The number of rotatable bonds is 4. The number of likely N-dealkylation sites (tertiary alicyclic amines) is 1. The Kier molecular flexibility index (Phi) is 5.23. The fourth-order valence-electron chi connectivity index (χ4n) is 4.06. The largest absolute Gasteiger partial charge is 0.363 e. The number of morpholine rings is 1. The molecule has 0 N–H and O–H groups in total. The van der Waals surface area contributed by atoms with Crippen LogP contribution in [0, 0.1) is 5.82 Å². The van der Waals surface area contributed by atoms with Crippen molar-refractivity contribution in [3.63, 3.8) is 0 Å². The summed E-state index contributed by atoms with van der Waals surface area (Å²) in [5.74, 6) is -0.250. The molecule has 1 amide bonds. The van der Waals surface area contributed by atoms with Crippen molar-refractivity contribution in [2.24, 2.45) is 0 Å². The third-order valence-corrected chi connectivity index (χ3v) is 5.65. The predicted octanol–water partition coefficient (Wildman–Crippen LogP) is 3.22. The Hall–Kier alpha value is -2.24. The lowest BCUT2D eigenvalue weighted by Crippen LogP contribution is -2.60. The van der Waals surface area contributed by atoms with E-state index in [2.05, 4.69) is 29.2 Å². The van der Waals surface area contributed by atoms with Crippen LogP contribution >= 0.6 is 0 Å². The molecule has 1 spiro atoms. The van der Waals surface area contributed by atoms with Gasteiger partial charge >= 0.3 is 0 Å². The van der Waals surface area contributed by atoms with Crippen molar-refractivity contribution in [3.05, 3.63) is 71.5 Å². The van der Waals surface area contributed by atoms with Gasteiger partial charge in [-0.1, -0.05) is 48.5 Å². The van der Waals surface area contributed by atoms with E-state index in [0.29, 0.717) is 38.1 Å². The van der Waals surface area contributed by atoms with E-state index in [4.69, 9.17) is 4.74 Å². The molecule has 0 radical (unpaired) electrons. The molecule has 0 aromatic heterocycles. The second-order valence-corrected chi connectivity index (χ2v) is 7.42. The highest BCUT2D eigenvalue weighted by Crippen LogP contribution is 2.32. The summed E-state index contributed by atoms with van der Waals surface area (Å²) in [5.41, 5.74) is 1.10. The fraction of sp³-hybridized carbons (Fsp3) is 0.409. The van der Waals surface area contributed by atoms with Gasteiger partial charge in [0.2, 0.25) is 0 Å². The van der Waals surface area contributed by atoms with E-state index in [0.717, 1.165) is 19.6 Å². The summed E-state index contributed by atoms with van der Waals surface area (Å²) in [5, 5.41) is 0. The third-order valence-electron chi connectivity index (χ3n) is 5.65. The molecule has 0 unspecified atom stereocenters. The van der Waals surface area contributed by atoms with E-state index in [1.54, 1.807) is 23.1 Å². The van der Waals surface area contributed by atoms with Crippen LogP contribution in [0.1, 0.15) is 24.0 Å². The second-order valence-electron chi connectivity index (χ2n) is 7.42. The normalized spacial score (nSPS) is 20.2. The molecular weight excluding hydrogens is 343 g/mol. The number of piperidine rings is 1. The number of benzene rings is 2. The summed E-state index contributed by atoms with van der Waals surface area (Å²) in [6.45, 7) is 3.89. The highest BCUT2D eigenvalue weighted by atomic mass is 19.1. The molecule has 2 aliphatic heterocycles. The van der Waals surface area contributed by atoms with Crippen molar-refractivity contribution >= 4 is 5.91 Å². The zero-order valence-electron chi connectivity index (χ0n) is 15.4. The quantitative estimate of drug-likeness (QED) is 0.831. The van der Waals surface area contributed by atoms with Gasteiger partial charge in [-0.3, -0.25) is 9.69 Å². The number of halogens is 1. The van der Waals surface area contributed by atoms with Gasteiger partial charge in [0.05, 0.1) is 6.61 Å². The minimum Gasteiger partial charge on any atom is -0.363 e. The number of hydrogen-bond donors (Lipinski definition) is 0. The van der Waals surface area contributed by atoms with Crippen LogP contribution in [0.15, 0.2) is 54.6 Å². The van der Waals surface area contributed by atoms with E-state index in [1.807, 2.05) is 6.07 Å². The average Bonchev–Trinajstić information content (AvgIpc) is 2.70. The smallest absolute Gasteiger partial charge is 0.255 e. The van der Waals surface area contributed by atoms with Gasteiger partial charge in [0.25, 0.3) is 5.91 Å². The van der Waals surface area contributed by atoms with E-state index in [1.165, 1.54) is 11.6 Å². The van der Waals surface area contributed by atoms with Crippen LogP contribution in [-0.4, -0.2) is 47.5 Å². The Bertz CT molecular complexity index is 788. The first-order valence-electron chi connectivity index (χ1n) is 9.59. The Morgan fingerprint density at radius 1 is 0.926 bits per heavy atom. The first-order chi connectivity index (χ1) is 13.2.